The number of rotatable bonds is 4. The molecule has 0 aromatic heterocycles. The van der Waals surface area contributed by atoms with Crippen LogP contribution in [-0.2, 0) is 6.54 Å². The van der Waals surface area contributed by atoms with E-state index in [-0.39, 0.29) is 5.96 Å². The molecule has 0 aliphatic carbocycles. The number of guanidine groups is 2. The van der Waals surface area contributed by atoms with Gasteiger partial charge in [0.1, 0.15) is 5.66 Å². The molecule has 0 amide bonds. The van der Waals surface area contributed by atoms with E-state index in [9.17, 15) is 0 Å². The molecule has 0 saturated carbocycles. The van der Waals surface area contributed by atoms with Gasteiger partial charge in [0.15, 0.2) is 11.5 Å². The summed E-state index contributed by atoms with van der Waals surface area (Å²) >= 11 is 0. The Morgan fingerprint density at radius 3 is 2.38 bits per heavy atom. The third kappa shape index (κ3) is 3.01. The van der Waals surface area contributed by atoms with Crippen LogP contribution in [0.2, 0.25) is 0 Å². The molecule has 1 aromatic rings. The lowest BCUT2D eigenvalue weighted by atomic mass is 10.1. The monoisotopic (exact) mass is 291 g/mol. The summed E-state index contributed by atoms with van der Waals surface area (Å²) in [5, 5.41) is 0. The van der Waals surface area contributed by atoms with Crippen molar-refractivity contribution < 1.29 is 9.47 Å². The molecule has 1 aromatic carbocycles. The Hall–Kier alpha value is -2.44. The van der Waals surface area contributed by atoms with Crippen molar-refractivity contribution >= 4 is 11.9 Å². The smallest absolute Gasteiger partial charge is 0.220 e. The van der Waals surface area contributed by atoms with Crippen molar-refractivity contribution in [2.45, 2.75) is 26.1 Å². The standard InChI is InChI=1S/C14H21N5O2/c1-14(2)18-12(15)17-13(16)19(14)8-9-5-6-10(20-3)11(7-9)21-4/h5-7H,8H2,1-4H3,(H4,15,16,17,18). The minimum Gasteiger partial charge on any atom is -0.493 e. The maximum Gasteiger partial charge on any atom is 0.220 e. The second-order valence-corrected chi connectivity index (χ2v) is 5.21. The molecule has 0 unspecified atom stereocenters. The van der Waals surface area contributed by atoms with Gasteiger partial charge in [-0.3, -0.25) is 0 Å². The average Bonchev–Trinajstić information content (AvgIpc) is 2.41. The van der Waals surface area contributed by atoms with Crippen molar-refractivity contribution in [2.24, 2.45) is 21.5 Å². The van der Waals surface area contributed by atoms with E-state index in [1.807, 2.05) is 36.9 Å². The quantitative estimate of drug-likeness (QED) is 0.858. The van der Waals surface area contributed by atoms with Crippen LogP contribution in [0.5, 0.6) is 11.5 Å². The molecule has 0 saturated heterocycles. The van der Waals surface area contributed by atoms with E-state index < -0.39 is 5.66 Å². The van der Waals surface area contributed by atoms with Gasteiger partial charge in [0.25, 0.3) is 0 Å². The maximum absolute atomic E-state index is 5.98. The SMILES string of the molecule is COc1ccc(CN2C(N)=NC(N)=NC2(C)C)cc1OC. The van der Waals surface area contributed by atoms with Crippen molar-refractivity contribution in [3.8, 4) is 11.5 Å². The molecule has 0 atom stereocenters. The zero-order valence-corrected chi connectivity index (χ0v) is 12.8. The van der Waals surface area contributed by atoms with Crippen molar-refractivity contribution in [1.29, 1.82) is 0 Å². The van der Waals surface area contributed by atoms with Crippen LogP contribution in [0.15, 0.2) is 28.2 Å². The predicted molar refractivity (Wildman–Crippen MR) is 82.4 cm³/mol. The highest BCUT2D eigenvalue weighted by molar-refractivity contribution is 5.95. The Balaban J connectivity index is 2.28. The van der Waals surface area contributed by atoms with Gasteiger partial charge < -0.3 is 25.8 Å². The van der Waals surface area contributed by atoms with E-state index in [0.717, 1.165) is 5.56 Å². The summed E-state index contributed by atoms with van der Waals surface area (Å²) < 4.78 is 10.5. The molecule has 1 aliphatic heterocycles. The maximum atomic E-state index is 5.98. The van der Waals surface area contributed by atoms with Gasteiger partial charge in [0, 0.05) is 6.54 Å². The fraction of sp³-hybridized carbons (Fsp3) is 0.429. The molecule has 7 heteroatoms. The fourth-order valence-electron chi connectivity index (χ4n) is 2.26. The molecule has 0 bridgehead atoms. The normalized spacial score (nSPS) is 17.0. The highest BCUT2D eigenvalue weighted by Crippen LogP contribution is 2.29. The van der Waals surface area contributed by atoms with Crippen molar-refractivity contribution in [1.82, 2.24) is 4.90 Å². The third-order valence-corrected chi connectivity index (χ3v) is 3.34. The van der Waals surface area contributed by atoms with Gasteiger partial charge in [0.05, 0.1) is 14.2 Å². The summed E-state index contributed by atoms with van der Waals surface area (Å²) in [7, 11) is 3.21. The molecular formula is C14H21N5O2. The summed E-state index contributed by atoms with van der Waals surface area (Å²) in [6.45, 7) is 4.41. The first-order chi connectivity index (χ1) is 9.87. The number of ether oxygens (including phenoxy) is 2. The lowest BCUT2D eigenvalue weighted by molar-refractivity contribution is 0.210. The number of aliphatic imine (C=N–C) groups is 2. The molecule has 4 N–H and O–H groups in total. The summed E-state index contributed by atoms with van der Waals surface area (Å²) in [5.41, 5.74) is 12.1. The van der Waals surface area contributed by atoms with Crippen LogP contribution in [0.4, 0.5) is 0 Å². The van der Waals surface area contributed by atoms with E-state index in [4.69, 9.17) is 20.9 Å². The highest BCUT2D eigenvalue weighted by atomic mass is 16.5. The van der Waals surface area contributed by atoms with E-state index in [1.165, 1.54) is 0 Å². The largest absolute Gasteiger partial charge is 0.493 e. The minimum absolute atomic E-state index is 0.195. The van der Waals surface area contributed by atoms with Gasteiger partial charge in [-0.2, -0.15) is 4.99 Å². The second kappa shape index (κ2) is 5.51. The van der Waals surface area contributed by atoms with Crippen molar-refractivity contribution in [3.63, 3.8) is 0 Å². The van der Waals surface area contributed by atoms with Crippen LogP contribution in [0.1, 0.15) is 19.4 Å². The van der Waals surface area contributed by atoms with Crippen LogP contribution >= 0.6 is 0 Å². The average molecular weight is 291 g/mol. The highest BCUT2D eigenvalue weighted by Gasteiger charge is 2.31. The van der Waals surface area contributed by atoms with Crippen molar-refractivity contribution in [3.05, 3.63) is 23.8 Å². The van der Waals surface area contributed by atoms with Gasteiger partial charge in [-0.1, -0.05) is 6.07 Å². The first-order valence-corrected chi connectivity index (χ1v) is 6.55. The molecule has 0 radical (unpaired) electrons. The number of hydrogen-bond acceptors (Lipinski definition) is 7. The number of nitrogens with two attached hydrogens (primary N) is 2. The van der Waals surface area contributed by atoms with Gasteiger partial charge >= 0.3 is 0 Å². The third-order valence-electron chi connectivity index (χ3n) is 3.34. The van der Waals surface area contributed by atoms with E-state index in [0.29, 0.717) is 24.0 Å². The number of benzene rings is 1. The molecule has 1 aliphatic rings. The summed E-state index contributed by atoms with van der Waals surface area (Å²) in [6, 6.07) is 5.71. The van der Waals surface area contributed by atoms with Crippen LogP contribution in [0.3, 0.4) is 0 Å². The first kappa shape index (κ1) is 15.0. The number of methoxy groups -OCH3 is 2. The molecular weight excluding hydrogens is 270 g/mol. The Morgan fingerprint density at radius 2 is 1.81 bits per heavy atom. The second-order valence-electron chi connectivity index (χ2n) is 5.21. The first-order valence-electron chi connectivity index (χ1n) is 6.55. The van der Waals surface area contributed by atoms with E-state index >= 15 is 0 Å². The fourth-order valence-corrected chi connectivity index (χ4v) is 2.26. The minimum atomic E-state index is -0.553. The molecule has 0 fully saturated rings. The van der Waals surface area contributed by atoms with Gasteiger partial charge in [-0.15, -0.1) is 0 Å². The number of nitrogens with zero attached hydrogens (tertiary/aromatic N) is 3. The summed E-state index contributed by atoms with van der Waals surface area (Å²) in [5.74, 6) is 1.90. The zero-order valence-electron chi connectivity index (χ0n) is 12.8. The van der Waals surface area contributed by atoms with Crippen molar-refractivity contribution in [2.75, 3.05) is 14.2 Å². The molecule has 7 nitrogen and oxygen atoms in total. The van der Waals surface area contributed by atoms with Gasteiger partial charge in [0.2, 0.25) is 11.9 Å². The van der Waals surface area contributed by atoms with Crippen LogP contribution in [-0.4, -0.2) is 36.7 Å². The summed E-state index contributed by atoms with van der Waals surface area (Å²) in [6.07, 6.45) is 0. The van der Waals surface area contributed by atoms with Crippen LogP contribution in [0, 0.1) is 0 Å². The Kier molecular flexibility index (Phi) is 3.93. The zero-order chi connectivity index (χ0) is 15.6. The lowest BCUT2D eigenvalue weighted by Gasteiger charge is -2.38. The molecule has 114 valence electrons. The Bertz CT molecular complexity index is 595. The molecule has 0 spiro atoms. The van der Waals surface area contributed by atoms with Crippen LogP contribution < -0.4 is 20.9 Å². The topological polar surface area (TPSA) is 98.5 Å². The predicted octanol–water partition coefficient (Wildman–Crippen LogP) is 0.885. The molecule has 21 heavy (non-hydrogen) atoms. The van der Waals surface area contributed by atoms with Gasteiger partial charge in [-0.05, 0) is 31.5 Å². The van der Waals surface area contributed by atoms with E-state index in [2.05, 4.69) is 9.98 Å². The summed E-state index contributed by atoms with van der Waals surface area (Å²) in [4.78, 5) is 10.2. The number of hydrogen-bond donors (Lipinski definition) is 2. The van der Waals surface area contributed by atoms with Crippen LogP contribution in [0.25, 0.3) is 0 Å². The Morgan fingerprint density at radius 1 is 1.14 bits per heavy atom. The molecule has 1 heterocycles. The van der Waals surface area contributed by atoms with E-state index in [1.54, 1.807) is 14.2 Å². The van der Waals surface area contributed by atoms with Gasteiger partial charge in [-0.25, -0.2) is 4.99 Å². The Labute approximate surface area is 124 Å². The lowest BCUT2D eigenvalue weighted by Crippen LogP contribution is -2.53. The molecule has 2 rings (SSSR count).